The van der Waals surface area contributed by atoms with Crippen LogP contribution in [0.4, 0.5) is 0 Å². The first-order valence-corrected chi connectivity index (χ1v) is 8.53. The van der Waals surface area contributed by atoms with Crippen molar-refractivity contribution >= 4 is 29.9 Å². The SMILES string of the molecule is Cl.NCCCN(Cc1ccccc1)C(=O)C1Cc2cc(Cl)ccc2O1. The molecular formula is C19H22Cl2N2O2. The third-order valence-electron chi connectivity index (χ3n) is 4.13. The molecule has 3 rings (SSSR count). The number of benzene rings is 2. The third-order valence-corrected chi connectivity index (χ3v) is 4.37. The van der Waals surface area contributed by atoms with Crippen molar-refractivity contribution < 1.29 is 9.53 Å². The Kier molecular flexibility index (Phi) is 7.12. The van der Waals surface area contributed by atoms with Crippen molar-refractivity contribution in [3.05, 3.63) is 64.7 Å². The van der Waals surface area contributed by atoms with E-state index in [1.165, 1.54) is 0 Å². The molecule has 25 heavy (non-hydrogen) atoms. The number of rotatable bonds is 6. The fourth-order valence-corrected chi connectivity index (χ4v) is 3.11. The van der Waals surface area contributed by atoms with Crippen LogP contribution in [0.15, 0.2) is 48.5 Å². The highest BCUT2D eigenvalue weighted by atomic mass is 35.5. The summed E-state index contributed by atoms with van der Waals surface area (Å²) in [4.78, 5) is 14.8. The van der Waals surface area contributed by atoms with Gasteiger partial charge < -0.3 is 15.4 Å². The summed E-state index contributed by atoms with van der Waals surface area (Å²) in [5.74, 6) is 0.746. The zero-order valence-corrected chi connectivity index (χ0v) is 15.4. The first kappa shape index (κ1) is 19.6. The van der Waals surface area contributed by atoms with Gasteiger partial charge in [-0.25, -0.2) is 0 Å². The molecule has 1 aliphatic rings. The number of halogens is 2. The molecule has 1 unspecified atom stereocenters. The van der Waals surface area contributed by atoms with E-state index in [2.05, 4.69) is 0 Å². The quantitative estimate of drug-likeness (QED) is 0.834. The number of ether oxygens (including phenoxy) is 1. The van der Waals surface area contributed by atoms with Gasteiger partial charge >= 0.3 is 0 Å². The Bertz CT molecular complexity index is 710. The molecule has 2 aromatic rings. The summed E-state index contributed by atoms with van der Waals surface area (Å²) in [7, 11) is 0. The number of hydrogen-bond donors (Lipinski definition) is 1. The molecule has 6 heteroatoms. The number of nitrogens with zero attached hydrogens (tertiary/aromatic N) is 1. The predicted molar refractivity (Wildman–Crippen MR) is 102 cm³/mol. The van der Waals surface area contributed by atoms with Crippen molar-refractivity contribution in [2.24, 2.45) is 5.73 Å². The van der Waals surface area contributed by atoms with Crippen LogP contribution in [-0.2, 0) is 17.8 Å². The number of amides is 1. The summed E-state index contributed by atoms with van der Waals surface area (Å²) in [6.07, 6.45) is 0.840. The number of carbonyl (C=O) groups is 1. The summed E-state index contributed by atoms with van der Waals surface area (Å²) in [5.41, 5.74) is 7.71. The lowest BCUT2D eigenvalue weighted by molar-refractivity contribution is -0.138. The summed E-state index contributed by atoms with van der Waals surface area (Å²) in [6, 6.07) is 15.4. The van der Waals surface area contributed by atoms with Gasteiger partial charge in [-0.1, -0.05) is 41.9 Å². The molecule has 134 valence electrons. The highest BCUT2D eigenvalue weighted by Crippen LogP contribution is 2.31. The van der Waals surface area contributed by atoms with E-state index >= 15 is 0 Å². The lowest BCUT2D eigenvalue weighted by Gasteiger charge is -2.25. The number of fused-ring (bicyclic) bond motifs is 1. The molecule has 0 saturated carbocycles. The van der Waals surface area contributed by atoms with Crippen molar-refractivity contribution in [1.82, 2.24) is 4.90 Å². The second-order valence-electron chi connectivity index (χ2n) is 5.95. The van der Waals surface area contributed by atoms with Gasteiger partial charge in [-0.15, -0.1) is 12.4 Å². The fourth-order valence-electron chi connectivity index (χ4n) is 2.91. The molecule has 0 aliphatic carbocycles. The summed E-state index contributed by atoms with van der Waals surface area (Å²) in [6.45, 7) is 1.75. The molecule has 1 heterocycles. The lowest BCUT2D eigenvalue weighted by Crippen LogP contribution is -2.41. The van der Waals surface area contributed by atoms with E-state index < -0.39 is 6.10 Å². The minimum Gasteiger partial charge on any atom is -0.480 e. The van der Waals surface area contributed by atoms with E-state index in [0.717, 1.165) is 23.3 Å². The maximum Gasteiger partial charge on any atom is 0.264 e. The Morgan fingerprint density at radius 2 is 2.00 bits per heavy atom. The normalized spacial score (nSPS) is 15.0. The summed E-state index contributed by atoms with van der Waals surface area (Å²) < 4.78 is 5.84. The molecule has 2 aromatic carbocycles. The van der Waals surface area contributed by atoms with E-state index in [4.69, 9.17) is 22.1 Å². The molecular weight excluding hydrogens is 359 g/mol. The monoisotopic (exact) mass is 380 g/mol. The average molecular weight is 381 g/mol. The topological polar surface area (TPSA) is 55.6 Å². The molecule has 1 atom stereocenters. The van der Waals surface area contributed by atoms with Crippen LogP contribution in [0.25, 0.3) is 0 Å². The Hall–Kier alpha value is -1.75. The minimum absolute atomic E-state index is 0. The van der Waals surface area contributed by atoms with Gasteiger partial charge in [0.05, 0.1) is 0 Å². The minimum atomic E-state index is -0.486. The maximum absolute atomic E-state index is 12.9. The van der Waals surface area contributed by atoms with Gasteiger partial charge in [0.1, 0.15) is 5.75 Å². The Morgan fingerprint density at radius 3 is 2.72 bits per heavy atom. The highest BCUT2D eigenvalue weighted by Gasteiger charge is 2.32. The van der Waals surface area contributed by atoms with Gasteiger partial charge in [-0.3, -0.25) is 4.79 Å². The Morgan fingerprint density at radius 1 is 1.24 bits per heavy atom. The Labute approximate surface area is 159 Å². The molecule has 0 saturated heterocycles. The molecule has 0 fully saturated rings. The third kappa shape index (κ3) is 4.88. The zero-order valence-electron chi connectivity index (χ0n) is 13.9. The van der Waals surface area contributed by atoms with Crippen LogP contribution in [0.1, 0.15) is 17.5 Å². The molecule has 0 spiro atoms. The van der Waals surface area contributed by atoms with Gasteiger partial charge in [0.25, 0.3) is 5.91 Å². The zero-order chi connectivity index (χ0) is 16.9. The number of carbonyl (C=O) groups excluding carboxylic acids is 1. The van der Waals surface area contributed by atoms with Crippen molar-refractivity contribution in [2.45, 2.75) is 25.5 Å². The van der Waals surface area contributed by atoms with Crippen LogP contribution < -0.4 is 10.5 Å². The Balaban J connectivity index is 0.00000225. The molecule has 2 N–H and O–H groups in total. The maximum atomic E-state index is 12.9. The molecule has 0 aromatic heterocycles. The largest absolute Gasteiger partial charge is 0.480 e. The van der Waals surface area contributed by atoms with Crippen LogP contribution in [0.5, 0.6) is 5.75 Å². The van der Waals surface area contributed by atoms with E-state index in [1.54, 1.807) is 6.07 Å². The number of hydrogen-bond acceptors (Lipinski definition) is 3. The van der Waals surface area contributed by atoms with Gasteiger partial charge in [-0.2, -0.15) is 0 Å². The van der Waals surface area contributed by atoms with E-state index in [0.29, 0.717) is 31.1 Å². The second-order valence-corrected chi connectivity index (χ2v) is 6.39. The van der Waals surface area contributed by atoms with E-state index in [9.17, 15) is 4.79 Å². The lowest BCUT2D eigenvalue weighted by atomic mass is 10.1. The summed E-state index contributed by atoms with van der Waals surface area (Å²) >= 11 is 6.02. The second kappa shape index (κ2) is 9.09. The molecule has 4 nitrogen and oxygen atoms in total. The van der Waals surface area contributed by atoms with Crippen LogP contribution >= 0.6 is 24.0 Å². The van der Waals surface area contributed by atoms with Crippen molar-refractivity contribution in [2.75, 3.05) is 13.1 Å². The molecule has 0 bridgehead atoms. The standard InChI is InChI=1S/C19H21ClN2O2.ClH/c20-16-7-8-17-15(11-16)12-18(24-17)19(23)22(10-4-9-21)13-14-5-2-1-3-6-14;/h1-3,5-8,11,18H,4,9-10,12-13,21H2;1H. The van der Waals surface area contributed by atoms with Crippen LogP contribution in [0.2, 0.25) is 5.02 Å². The first-order chi connectivity index (χ1) is 11.7. The first-order valence-electron chi connectivity index (χ1n) is 8.15. The van der Waals surface area contributed by atoms with Gasteiger partial charge in [0, 0.05) is 24.5 Å². The van der Waals surface area contributed by atoms with Gasteiger partial charge in [0.2, 0.25) is 0 Å². The predicted octanol–water partition coefficient (Wildman–Crippen LogP) is 3.44. The molecule has 1 aliphatic heterocycles. The van der Waals surface area contributed by atoms with Crippen molar-refractivity contribution in [3.63, 3.8) is 0 Å². The number of nitrogens with two attached hydrogens (primary N) is 1. The van der Waals surface area contributed by atoms with E-state index in [-0.39, 0.29) is 18.3 Å². The smallest absolute Gasteiger partial charge is 0.264 e. The van der Waals surface area contributed by atoms with Gasteiger partial charge in [0.15, 0.2) is 6.10 Å². The molecule has 1 amide bonds. The molecule has 0 radical (unpaired) electrons. The van der Waals surface area contributed by atoms with Crippen LogP contribution in [-0.4, -0.2) is 30.0 Å². The van der Waals surface area contributed by atoms with Gasteiger partial charge in [-0.05, 0) is 42.3 Å². The van der Waals surface area contributed by atoms with Crippen LogP contribution in [0, 0.1) is 0 Å². The highest BCUT2D eigenvalue weighted by molar-refractivity contribution is 6.30. The van der Waals surface area contributed by atoms with Crippen molar-refractivity contribution in [3.8, 4) is 5.75 Å². The van der Waals surface area contributed by atoms with E-state index in [1.807, 2.05) is 47.4 Å². The summed E-state index contributed by atoms with van der Waals surface area (Å²) in [5, 5.41) is 0.662. The average Bonchev–Trinajstić information content (AvgIpc) is 3.02. The van der Waals surface area contributed by atoms with Crippen LogP contribution in [0.3, 0.4) is 0 Å². The van der Waals surface area contributed by atoms with Crippen molar-refractivity contribution in [1.29, 1.82) is 0 Å². The fraction of sp³-hybridized carbons (Fsp3) is 0.316.